The monoisotopic (exact) mass is 744 g/mol. The molecule has 5 aromatic rings. The highest BCUT2D eigenvalue weighted by atomic mass is 79.9. The standard InChI is InChI=1S/C44H58Br2/c1-5-9-13-15-21-31(19-11-7-3)29-37-34-24-18-26-36-41(34)43(35-25-17-23-33-27-28-39(45)42(36)40(33)35)44(46)38(37)30-32(20-12-8-4)22-16-14-10-6-2/h17-18,23-28,31-32H,5-16,19-22,29-30H2,1-4H3. The highest BCUT2D eigenvalue weighted by Crippen LogP contribution is 2.49. The molecule has 0 bridgehead atoms. The molecule has 0 saturated carbocycles. The van der Waals surface area contributed by atoms with Crippen LogP contribution in [0.5, 0.6) is 0 Å². The zero-order valence-electron chi connectivity index (χ0n) is 29.3. The smallest absolute Gasteiger partial charge is 0.0295 e. The van der Waals surface area contributed by atoms with Crippen LogP contribution in [0.4, 0.5) is 0 Å². The van der Waals surface area contributed by atoms with E-state index in [9.17, 15) is 0 Å². The Morgan fingerprint density at radius 2 is 0.978 bits per heavy atom. The Kier molecular flexibility index (Phi) is 13.7. The number of halogens is 2. The lowest BCUT2D eigenvalue weighted by Gasteiger charge is -2.27. The van der Waals surface area contributed by atoms with Crippen LogP contribution in [0.1, 0.15) is 142 Å². The summed E-state index contributed by atoms with van der Waals surface area (Å²) in [5, 5.41) is 11.3. The van der Waals surface area contributed by atoms with Crippen molar-refractivity contribution >= 4 is 74.9 Å². The van der Waals surface area contributed by atoms with Crippen LogP contribution in [0.2, 0.25) is 0 Å². The van der Waals surface area contributed by atoms with Crippen molar-refractivity contribution in [3.8, 4) is 0 Å². The van der Waals surface area contributed by atoms with Crippen molar-refractivity contribution in [2.45, 2.75) is 143 Å². The molecule has 0 N–H and O–H groups in total. The molecule has 0 spiro atoms. The van der Waals surface area contributed by atoms with Crippen molar-refractivity contribution in [1.82, 2.24) is 0 Å². The minimum absolute atomic E-state index is 0.749. The van der Waals surface area contributed by atoms with E-state index < -0.39 is 0 Å². The fourth-order valence-electron chi connectivity index (χ4n) is 8.34. The third-order valence-corrected chi connectivity index (χ3v) is 12.4. The van der Waals surface area contributed by atoms with Gasteiger partial charge in [-0.25, -0.2) is 0 Å². The van der Waals surface area contributed by atoms with Crippen molar-refractivity contribution in [3.05, 3.63) is 68.6 Å². The molecule has 2 heteroatoms. The van der Waals surface area contributed by atoms with Crippen LogP contribution < -0.4 is 0 Å². The van der Waals surface area contributed by atoms with Gasteiger partial charge in [-0.1, -0.05) is 189 Å². The predicted octanol–water partition coefficient (Wildman–Crippen LogP) is 15.9. The summed E-state index contributed by atoms with van der Waals surface area (Å²) in [7, 11) is 0. The van der Waals surface area contributed by atoms with Gasteiger partial charge in [-0.05, 0) is 90.1 Å². The van der Waals surface area contributed by atoms with Crippen LogP contribution in [0.15, 0.2) is 57.5 Å². The lowest BCUT2D eigenvalue weighted by molar-refractivity contribution is 0.398. The Hall–Kier alpha value is -1.64. The van der Waals surface area contributed by atoms with Gasteiger partial charge < -0.3 is 0 Å². The van der Waals surface area contributed by atoms with E-state index in [1.54, 1.807) is 11.1 Å². The summed E-state index contributed by atoms with van der Waals surface area (Å²) in [6, 6.07) is 18.7. The lowest BCUT2D eigenvalue weighted by atomic mass is 9.79. The first-order valence-electron chi connectivity index (χ1n) is 19.0. The second-order valence-corrected chi connectivity index (χ2v) is 16.0. The molecule has 0 heterocycles. The minimum Gasteiger partial charge on any atom is -0.0654 e. The molecule has 0 aliphatic carbocycles. The van der Waals surface area contributed by atoms with Crippen LogP contribution >= 0.6 is 31.9 Å². The Bertz CT molecular complexity index is 1680. The van der Waals surface area contributed by atoms with Crippen molar-refractivity contribution in [2.75, 3.05) is 0 Å². The molecule has 5 aromatic carbocycles. The number of benzene rings is 5. The Labute approximate surface area is 297 Å². The van der Waals surface area contributed by atoms with E-state index in [0.717, 1.165) is 11.8 Å². The highest BCUT2D eigenvalue weighted by Gasteiger charge is 2.25. The van der Waals surface area contributed by atoms with E-state index in [1.807, 2.05) is 0 Å². The van der Waals surface area contributed by atoms with E-state index in [4.69, 9.17) is 0 Å². The lowest BCUT2D eigenvalue weighted by Crippen LogP contribution is -2.13. The van der Waals surface area contributed by atoms with Crippen molar-refractivity contribution in [3.63, 3.8) is 0 Å². The summed E-state index contributed by atoms with van der Waals surface area (Å²) in [4.78, 5) is 0. The predicted molar refractivity (Wildman–Crippen MR) is 214 cm³/mol. The van der Waals surface area contributed by atoms with Crippen LogP contribution in [0.3, 0.4) is 0 Å². The molecule has 0 radical (unpaired) electrons. The molecular weight excluding hydrogens is 688 g/mol. The van der Waals surface area contributed by atoms with Crippen LogP contribution in [-0.2, 0) is 12.8 Å². The molecule has 2 unspecified atom stereocenters. The number of fused-ring (bicyclic) bond motifs is 2. The topological polar surface area (TPSA) is 0 Å². The van der Waals surface area contributed by atoms with Gasteiger partial charge in [0, 0.05) is 19.7 Å². The van der Waals surface area contributed by atoms with Gasteiger partial charge in [0.2, 0.25) is 0 Å². The van der Waals surface area contributed by atoms with Gasteiger partial charge in [-0.3, -0.25) is 0 Å². The van der Waals surface area contributed by atoms with Crippen LogP contribution in [-0.4, -0.2) is 0 Å². The molecule has 0 amide bonds. The zero-order chi connectivity index (χ0) is 32.5. The summed E-state index contributed by atoms with van der Waals surface area (Å²) < 4.78 is 2.59. The van der Waals surface area contributed by atoms with Gasteiger partial charge in [0.1, 0.15) is 0 Å². The van der Waals surface area contributed by atoms with Gasteiger partial charge in [-0.15, -0.1) is 0 Å². The molecule has 46 heavy (non-hydrogen) atoms. The summed E-state index contributed by atoms with van der Waals surface area (Å²) in [5.41, 5.74) is 3.28. The largest absolute Gasteiger partial charge is 0.0654 e. The quantitative estimate of drug-likeness (QED) is 0.0423. The molecule has 0 aromatic heterocycles. The van der Waals surface area contributed by atoms with Crippen molar-refractivity contribution in [2.24, 2.45) is 11.8 Å². The average molecular weight is 747 g/mol. The summed E-state index contributed by atoms with van der Waals surface area (Å²) in [6.07, 6.45) is 24.0. The van der Waals surface area contributed by atoms with Gasteiger partial charge in [0.15, 0.2) is 0 Å². The maximum Gasteiger partial charge on any atom is 0.0295 e. The maximum absolute atomic E-state index is 4.41. The Morgan fingerprint density at radius 1 is 0.457 bits per heavy atom. The molecule has 2 atom stereocenters. The van der Waals surface area contributed by atoms with Crippen molar-refractivity contribution in [1.29, 1.82) is 0 Å². The minimum atomic E-state index is 0.749. The summed E-state index contributed by atoms with van der Waals surface area (Å²) >= 11 is 8.41. The van der Waals surface area contributed by atoms with E-state index in [2.05, 4.69) is 108 Å². The number of unbranched alkanes of at least 4 members (excludes halogenated alkanes) is 8. The molecule has 0 fully saturated rings. The van der Waals surface area contributed by atoms with Crippen LogP contribution in [0, 0.1) is 11.8 Å². The van der Waals surface area contributed by atoms with Crippen LogP contribution in [0.25, 0.3) is 43.1 Å². The van der Waals surface area contributed by atoms with Gasteiger partial charge in [0.05, 0.1) is 0 Å². The first kappa shape index (κ1) is 35.7. The van der Waals surface area contributed by atoms with E-state index >= 15 is 0 Å². The second-order valence-electron chi connectivity index (χ2n) is 14.3. The zero-order valence-corrected chi connectivity index (χ0v) is 32.4. The summed E-state index contributed by atoms with van der Waals surface area (Å²) in [5.74, 6) is 1.50. The fraction of sp³-hybridized carbons (Fsp3) is 0.545. The third kappa shape index (κ3) is 7.97. The Balaban J connectivity index is 1.73. The normalized spacial score (nSPS) is 13.5. The third-order valence-electron chi connectivity index (χ3n) is 10.9. The van der Waals surface area contributed by atoms with E-state index in [1.165, 1.54) is 168 Å². The fourth-order valence-corrected chi connectivity index (χ4v) is 9.70. The molecule has 248 valence electrons. The average Bonchev–Trinajstić information content (AvgIpc) is 3.07. The molecule has 0 aliphatic heterocycles. The SMILES string of the molecule is CCCCCCC(CCCC)Cc1c(CC(CCCC)CCCCCC)c2cccc3c4c(Br)ccc5cccc(c(c1Br)c23)c54. The number of hydrogen-bond acceptors (Lipinski definition) is 0. The molecular formula is C44H58Br2. The van der Waals surface area contributed by atoms with Gasteiger partial charge in [0.25, 0.3) is 0 Å². The molecule has 0 nitrogen and oxygen atoms in total. The number of hydrogen-bond donors (Lipinski definition) is 0. The molecule has 0 saturated heterocycles. The number of rotatable bonds is 20. The first-order valence-corrected chi connectivity index (χ1v) is 20.6. The van der Waals surface area contributed by atoms with E-state index in [0.29, 0.717) is 0 Å². The Morgan fingerprint density at radius 3 is 1.59 bits per heavy atom. The highest BCUT2D eigenvalue weighted by molar-refractivity contribution is 9.11. The molecule has 5 rings (SSSR count). The maximum atomic E-state index is 4.41. The summed E-state index contributed by atoms with van der Waals surface area (Å²) in [6.45, 7) is 9.40. The van der Waals surface area contributed by atoms with Crippen molar-refractivity contribution < 1.29 is 0 Å². The van der Waals surface area contributed by atoms with E-state index in [-0.39, 0.29) is 0 Å². The second kappa shape index (κ2) is 17.7. The first-order chi connectivity index (χ1) is 22.5. The molecule has 0 aliphatic rings. The van der Waals surface area contributed by atoms with Gasteiger partial charge in [-0.2, -0.15) is 0 Å². The van der Waals surface area contributed by atoms with Gasteiger partial charge >= 0.3 is 0 Å².